The van der Waals surface area contributed by atoms with Crippen LogP contribution < -0.4 is 15.6 Å². The fourth-order valence-electron chi connectivity index (χ4n) is 1.87. The zero-order chi connectivity index (χ0) is 18.9. The number of nitriles is 1. The zero-order valence-electron chi connectivity index (χ0n) is 13.3. The molecular formula is C18H13Cl2N3O3. The normalized spacial score (nSPS) is 10.2. The molecule has 0 radical (unpaired) electrons. The van der Waals surface area contributed by atoms with Gasteiger partial charge < -0.3 is 4.74 Å². The summed E-state index contributed by atoms with van der Waals surface area (Å²) < 4.78 is 5.24. The summed E-state index contributed by atoms with van der Waals surface area (Å²) in [5, 5.41) is 9.73. The van der Waals surface area contributed by atoms with Gasteiger partial charge in [-0.25, -0.2) is 0 Å². The van der Waals surface area contributed by atoms with Crippen molar-refractivity contribution in [3.8, 4) is 11.8 Å². The number of hydrogen-bond acceptors (Lipinski definition) is 4. The maximum absolute atomic E-state index is 11.7. The van der Waals surface area contributed by atoms with Gasteiger partial charge in [0.2, 0.25) is 0 Å². The standard InChI is InChI=1S/C18H13Cl2N3O3/c19-14-5-3-6-15(20)13(14)8-9-17(24)22-23-18(25)11-26-16-7-2-1-4-12(16)10-21/h1-9H,11H2,(H,22,24)(H,23,25)/b9-8+. The van der Waals surface area contributed by atoms with Crippen molar-refractivity contribution in [3.63, 3.8) is 0 Å². The maximum Gasteiger partial charge on any atom is 0.276 e. The molecule has 6 nitrogen and oxygen atoms in total. The third kappa shape index (κ3) is 5.52. The summed E-state index contributed by atoms with van der Waals surface area (Å²) in [5.74, 6) is -0.883. The highest BCUT2D eigenvalue weighted by Crippen LogP contribution is 2.25. The van der Waals surface area contributed by atoms with Crippen LogP contribution in [-0.2, 0) is 9.59 Å². The molecular weight excluding hydrogens is 377 g/mol. The van der Waals surface area contributed by atoms with Gasteiger partial charge in [0.1, 0.15) is 11.8 Å². The van der Waals surface area contributed by atoms with Gasteiger partial charge in [0, 0.05) is 21.7 Å². The summed E-state index contributed by atoms with van der Waals surface area (Å²) in [5.41, 5.74) is 5.20. The van der Waals surface area contributed by atoms with Gasteiger partial charge in [0.15, 0.2) is 6.61 Å². The number of benzene rings is 2. The average molecular weight is 390 g/mol. The molecule has 2 rings (SSSR count). The van der Waals surface area contributed by atoms with Crippen molar-refractivity contribution < 1.29 is 14.3 Å². The van der Waals surface area contributed by atoms with E-state index in [1.54, 1.807) is 42.5 Å². The number of ether oxygens (including phenoxy) is 1. The Morgan fingerprint density at radius 1 is 1.08 bits per heavy atom. The Morgan fingerprint density at radius 2 is 1.77 bits per heavy atom. The Balaban J connectivity index is 1.83. The molecule has 2 amide bonds. The van der Waals surface area contributed by atoms with E-state index in [0.717, 1.165) is 0 Å². The van der Waals surface area contributed by atoms with Gasteiger partial charge in [0.05, 0.1) is 5.56 Å². The minimum Gasteiger partial charge on any atom is -0.482 e. The number of nitrogens with one attached hydrogen (secondary N) is 2. The molecule has 0 aliphatic heterocycles. The van der Waals surface area contributed by atoms with Gasteiger partial charge in [-0.1, -0.05) is 41.4 Å². The third-order valence-electron chi connectivity index (χ3n) is 3.09. The summed E-state index contributed by atoms with van der Waals surface area (Å²) in [6.07, 6.45) is 2.62. The Hall–Kier alpha value is -3.01. The molecule has 0 bridgehead atoms. The van der Waals surface area contributed by atoms with Crippen molar-refractivity contribution in [2.75, 3.05) is 6.61 Å². The molecule has 0 saturated carbocycles. The average Bonchev–Trinajstić information content (AvgIpc) is 2.64. The van der Waals surface area contributed by atoms with Crippen LogP contribution in [-0.4, -0.2) is 18.4 Å². The lowest BCUT2D eigenvalue weighted by molar-refractivity contribution is -0.128. The first-order valence-electron chi connectivity index (χ1n) is 7.34. The topological polar surface area (TPSA) is 91.2 Å². The summed E-state index contributed by atoms with van der Waals surface area (Å²) in [4.78, 5) is 23.4. The van der Waals surface area contributed by atoms with E-state index in [0.29, 0.717) is 21.2 Å². The molecule has 8 heteroatoms. The highest BCUT2D eigenvalue weighted by Gasteiger charge is 2.07. The minimum atomic E-state index is -0.588. The Bertz CT molecular complexity index is 871. The number of halogens is 2. The highest BCUT2D eigenvalue weighted by atomic mass is 35.5. The molecule has 0 spiro atoms. The van der Waals surface area contributed by atoms with Crippen LogP contribution in [0.4, 0.5) is 0 Å². The van der Waals surface area contributed by atoms with Gasteiger partial charge in [-0.15, -0.1) is 0 Å². The molecule has 0 aliphatic rings. The number of para-hydroxylation sites is 1. The van der Waals surface area contributed by atoms with Crippen LogP contribution in [0.25, 0.3) is 6.08 Å². The van der Waals surface area contributed by atoms with Gasteiger partial charge >= 0.3 is 0 Å². The maximum atomic E-state index is 11.7. The van der Waals surface area contributed by atoms with Gasteiger partial charge in [-0.05, 0) is 30.3 Å². The lowest BCUT2D eigenvalue weighted by atomic mass is 10.2. The number of hydrazine groups is 1. The third-order valence-corrected chi connectivity index (χ3v) is 3.75. The fraction of sp³-hybridized carbons (Fsp3) is 0.0556. The first kappa shape index (κ1) is 19.3. The monoisotopic (exact) mass is 389 g/mol. The first-order chi connectivity index (χ1) is 12.5. The molecule has 0 heterocycles. The van der Waals surface area contributed by atoms with Crippen LogP contribution in [0, 0.1) is 11.3 Å². The van der Waals surface area contributed by atoms with Gasteiger partial charge in [-0.2, -0.15) is 5.26 Å². The molecule has 2 aromatic rings. The summed E-state index contributed by atoms with van der Waals surface area (Å²) in [7, 11) is 0. The van der Waals surface area contributed by atoms with E-state index in [1.807, 2.05) is 6.07 Å². The SMILES string of the molecule is N#Cc1ccccc1OCC(=O)NNC(=O)/C=C/c1c(Cl)cccc1Cl. The highest BCUT2D eigenvalue weighted by molar-refractivity contribution is 6.37. The molecule has 0 atom stereocenters. The number of carbonyl (C=O) groups excluding carboxylic acids is 2. The Labute approximate surface area is 159 Å². The van der Waals surface area contributed by atoms with Crippen LogP contribution in [0.2, 0.25) is 10.0 Å². The predicted molar refractivity (Wildman–Crippen MR) is 98.4 cm³/mol. The van der Waals surface area contributed by atoms with Crippen molar-refractivity contribution in [3.05, 3.63) is 69.7 Å². The van der Waals surface area contributed by atoms with Crippen molar-refractivity contribution in [1.82, 2.24) is 10.9 Å². The van der Waals surface area contributed by atoms with Crippen molar-refractivity contribution in [2.45, 2.75) is 0 Å². The molecule has 0 saturated heterocycles. The number of rotatable bonds is 5. The second kappa shape index (κ2) is 9.47. The van der Waals surface area contributed by atoms with Crippen molar-refractivity contribution in [1.29, 1.82) is 5.26 Å². The quantitative estimate of drug-likeness (QED) is 0.606. The summed E-state index contributed by atoms with van der Waals surface area (Å²) in [6.45, 7) is -0.362. The largest absolute Gasteiger partial charge is 0.482 e. The van der Waals surface area contributed by atoms with E-state index >= 15 is 0 Å². The number of carbonyl (C=O) groups is 2. The molecule has 0 unspecified atom stereocenters. The van der Waals surface area contributed by atoms with E-state index in [1.165, 1.54) is 12.2 Å². The molecule has 0 fully saturated rings. The number of nitrogens with zero attached hydrogens (tertiary/aromatic N) is 1. The van der Waals surface area contributed by atoms with Crippen molar-refractivity contribution in [2.24, 2.45) is 0 Å². The van der Waals surface area contributed by atoms with E-state index < -0.39 is 11.8 Å². The number of amides is 2. The predicted octanol–water partition coefficient (Wildman–Crippen LogP) is 3.10. The second-order valence-electron chi connectivity index (χ2n) is 4.90. The zero-order valence-corrected chi connectivity index (χ0v) is 14.8. The first-order valence-corrected chi connectivity index (χ1v) is 8.09. The molecule has 2 N–H and O–H groups in total. The smallest absolute Gasteiger partial charge is 0.276 e. The van der Waals surface area contributed by atoms with Gasteiger partial charge in [0.25, 0.3) is 11.8 Å². The van der Waals surface area contributed by atoms with Crippen molar-refractivity contribution >= 4 is 41.1 Å². The Morgan fingerprint density at radius 3 is 2.46 bits per heavy atom. The molecule has 2 aromatic carbocycles. The van der Waals surface area contributed by atoms with E-state index in [-0.39, 0.29) is 12.4 Å². The van der Waals surface area contributed by atoms with Gasteiger partial charge in [-0.3, -0.25) is 20.4 Å². The van der Waals surface area contributed by atoms with E-state index in [2.05, 4.69) is 10.9 Å². The lowest BCUT2D eigenvalue weighted by Gasteiger charge is -2.08. The number of hydrogen-bond donors (Lipinski definition) is 2. The van der Waals surface area contributed by atoms with E-state index in [9.17, 15) is 9.59 Å². The summed E-state index contributed by atoms with van der Waals surface area (Å²) >= 11 is 12.0. The summed E-state index contributed by atoms with van der Waals surface area (Å²) in [6, 6.07) is 13.4. The van der Waals surface area contributed by atoms with Crippen LogP contribution in [0.5, 0.6) is 5.75 Å². The molecule has 0 aromatic heterocycles. The second-order valence-corrected chi connectivity index (χ2v) is 5.72. The molecule has 26 heavy (non-hydrogen) atoms. The Kier molecular flexibility index (Phi) is 7.03. The fourth-order valence-corrected chi connectivity index (χ4v) is 2.39. The van der Waals surface area contributed by atoms with Crippen LogP contribution >= 0.6 is 23.2 Å². The lowest BCUT2D eigenvalue weighted by Crippen LogP contribution is -2.43. The van der Waals surface area contributed by atoms with Crippen LogP contribution in [0.3, 0.4) is 0 Å². The molecule has 0 aliphatic carbocycles. The minimum absolute atomic E-state index is 0.282. The van der Waals surface area contributed by atoms with Crippen LogP contribution in [0.15, 0.2) is 48.5 Å². The van der Waals surface area contributed by atoms with E-state index in [4.69, 9.17) is 33.2 Å². The van der Waals surface area contributed by atoms with Crippen LogP contribution in [0.1, 0.15) is 11.1 Å². The molecule has 132 valence electrons.